The third kappa shape index (κ3) is 5.90. The van der Waals surface area contributed by atoms with E-state index in [1.54, 1.807) is 0 Å². The van der Waals surface area contributed by atoms with Gasteiger partial charge < -0.3 is 9.84 Å². The lowest BCUT2D eigenvalue weighted by Gasteiger charge is -2.26. The van der Waals surface area contributed by atoms with Crippen molar-refractivity contribution in [3.05, 3.63) is 42.0 Å². The van der Waals surface area contributed by atoms with Gasteiger partial charge in [0.1, 0.15) is 5.75 Å². The number of ether oxygens (including phenoxy) is 1. The van der Waals surface area contributed by atoms with Crippen LogP contribution in [-0.4, -0.2) is 42.0 Å². The summed E-state index contributed by atoms with van der Waals surface area (Å²) in [4.78, 5) is 1.31. The van der Waals surface area contributed by atoms with Crippen molar-refractivity contribution in [1.29, 1.82) is 0 Å². The van der Waals surface area contributed by atoms with E-state index in [4.69, 9.17) is 9.84 Å². The predicted octanol–water partition coefficient (Wildman–Crippen LogP) is 4.37. The Morgan fingerprint density at radius 1 is 1.12 bits per heavy atom. The van der Waals surface area contributed by atoms with Crippen LogP contribution in [0.25, 0.3) is 10.8 Å². The molecular formula is C19H24F3NO2. The number of nitrogens with zero attached hydrogens (tertiary/aromatic N) is 1. The lowest BCUT2D eigenvalue weighted by atomic mass is 10.0. The van der Waals surface area contributed by atoms with Crippen LogP contribution in [-0.2, 0) is 6.54 Å². The van der Waals surface area contributed by atoms with Gasteiger partial charge in [0.05, 0.1) is 12.6 Å². The largest absolute Gasteiger partial charge is 0.491 e. The molecule has 2 aromatic rings. The third-order valence-electron chi connectivity index (χ3n) is 3.78. The zero-order valence-electron chi connectivity index (χ0n) is 14.5. The highest BCUT2D eigenvalue weighted by Gasteiger charge is 2.31. The van der Waals surface area contributed by atoms with Crippen molar-refractivity contribution in [3.63, 3.8) is 0 Å². The number of aliphatic hydroxyl groups is 1. The molecule has 0 saturated carbocycles. The highest BCUT2D eigenvalue weighted by Crippen LogP contribution is 2.31. The van der Waals surface area contributed by atoms with Crippen molar-refractivity contribution in [3.8, 4) is 5.75 Å². The lowest BCUT2D eigenvalue weighted by molar-refractivity contribution is -0.147. The van der Waals surface area contributed by atoms with Gasteiger partial charge in [0.15, 0.2) is 0 Å². The van der Waals surface area contributed by atoms with Crippen molar-refractivity contribution in [2.24, 2.45) is 0 Å². The van der Waals surface area contributed by atoms with Crippen LogP contribution in [0.5, 0.6) is 5.75 Å². The Kier molecular flexibility index (Phi) is 6.67. The monoisotopic (exact) mass is 355 g/mol. The first kappa shape index (κ1) is 19.5. The highest BCUT2D eigenvalue weighted by atomic mass is 19.4. The number of hydrogen-bond donors (Lipinski definition) is 1. The van der Waals surface area contributed by atoms with E-state index in [2.05, 4.69) is 0 Å². The van der Waals surface area contributed by atoms with E-state index < -0.39 is 12.7 Å². The van der Waals surface area contributed by atoms with Crippen LogP contribution >= 0.6 is 0 Å². The zero-order valence-corrected chi connectivity index (χ0v) is 14.5. The number of aliphatic hydroxyl groups excluding tert-OH is 1. The molecule has 0 spiro atoms. The van der Waals surface area contributed by atoms with Gasteiger partial charge in [-0.3, -0.25) is 4.90 Å². The van der Waals surface area contributed by atoms with Gasteiger partial charge in [-0.1, -0.05) is 30.3 Å². The van der Waals surface area contributed by atoms with E-state index in [0.29, 0.717) is 12.2 Å². The van der Waals surface area contributed by atoms with Gasteiger partial charge in [0.25, 0.3) is 0 Å². The first-order valence-corrected chi connectivity index (χ1v) is 8.37. The van der Waals surface area contributed by atoms with Crippen LogP contribution in [0.3, 0.4) is 0 Å². The fraction of sp³-hybridized carbons (Fsp3) is 0.474. The summed E-state index contributed by atoms with van der Waals surface area (Å²) in [5, 5.41) is 10.8. The van der Waals surface area contributed by atoms with Crippen molar-refractivity contribution in [2.45, 2.75) is 39.1 Å². The highest BCUT2D eigenvalue weighted by molar-refractivity contribution is 5.87. The molecule has 0 fully saturated rings. The van der Waals surface area contributed by atoms with E-state index in [9.17, 15) is 13.2 Å². The van der Waals surface area contributed by atoms with E-state index in [-0.39, 0.29) is 25.8 Å². The van der Waals surface area contributed by atoms with Gasteiger partial charge >= 0.3 is 6.18 Å². The van der Waals surface area contributed by atoms with Crippen molar-refractivity contribution < 1.29 is 23.0 Å². The number of hydrogen-bond acceptors (Lipinski definition) is 3. The Morgan fingerprint density at radius 2 is 1.84 bits per heavy atom. The molecule has 0 aromatic heterocycles. The molecule has 0 aliphatic carbocycles. The number of fused-ring (bicyclic) bond motifs is 1. The Bertz CT molecular complexity index is 686. The minimum atomic E-state index is -4.29. The zero-order chi connectivity index (χ0) is 18.4. The van der Waals surface area contributed by atoms with Gasteiger partial charge in [-0.25, -0.2) is 0 Å². The predicted molar refractivity (Wildman–Crippen MR) is 92.7 cm³/mol. The Balaban J connectivity index is 2.40. The van der Waals surface area contributed by atoms with Crippen LogP contribution in [0.4, 0.5) is 13.2 Å². The summed E-state index contributed by atoms with van der Waals surface area (Å²) < 4.78 is 44.6. The Morgan fingerprint density at radius 3 is 2.48 bits per heavy atom. The third-order valence-corrected chi connectivity index (χ3v) is 3.78. The van der Waals surface area contributed by atoms with Crippen LogP contribution in [0, 0.1) is 0 Å². The molecule has 0 radical (unpaired) electrons. The summed E-state index contributed by atoms with van der Waals surface area (Å²) >= 11 is 0. The fourth-order valence-corrected chi connectivity index (χ4v) is 2.83. The maximum atomic E-state index is 12.9. The van der Waals surface area contributed by atoms with Crippen molar-refractivity contribution in [1.82, 2.24) is 4.90 Å². The molecule has 3 nitrogen and oxygen atoms in total. The average molecular weight is 355 g/mol. The molecule has 0 unspecified atom stereocenters. The summed E-state index contributed by atoms with van der Waals surface area (Å²) in [5.41, 5.74) is 0.744. The van der Waals surface area contributed by atoms with Gasteiger partial charge in [-0.05, 0) is 37.1 Å². The molecule has 25 heavy (non-hydrogen) atoms. The summed E-state index contributed by atoms with van der Waals surface area (Å²) in [6.45, 7) is 2.90. The number of benzene rings is 2. The lowest BCUT2D eigenvalue weighted by Crippen LogP contribution is -2.35. The van der Waals surface area contributed by atoms with Crippen LogP contribution in [0.15, 0.2) is 36.4 Å². The molecule has 0 aliphatic rings. The summed E-state index contributed by atoms with van der Waals surface area (Å²) in [6.07, 6.45) is -4.08. The number of alkyl halides is 3. The normalized spacial score (nSPS) is 12.3. The molecule has 0 saturated heterocycles. The molecule has 0 atom stereocenters. The van der Waals surface area contributed by atoms with E-state index in [1.807, 2.05) is 50.2 Å². The maximum Gasteiger partial charge on any atom is 0.401 e. The topological polar surface area (TPSA) is 32.7 Å². The Hall–Kier alpha value is -1.79. The van der Waals surface area contributed by atoms with Gasteiger partial charge in [0.2, 0.25) is 0 Å². The summed E-state index contributed by atoms with van der Waals surface area (Å²) in [6, 6.07) is 11.3. The molecule has 1 N–H and O–H groups in total. The molecular weight excluding hydrogens is 331 g/mol. The average Bonchev–Trinajstić information content (AvgIpc) is 2.53. The molecule has 138 valence electrons. The maximum absolute atomic E-state index is 12.9. The minimum absolute atomic E-state index is 0.0755. The van der Waals surface area contributed by atoms with Crippen LogP contribution < -0.4 is 4.74 Å². The first-order valence-electron chi connectivity index (χ1n) is 8.37. The van der Waals surface area contributed by atoms with Crippen molar-refractivity contribution >= 4 is 10.8 Å². The van der Waals surface area contributed by atoms with E-state index in [1.165, 1.54) is 4.90 Å². The Labute approximate surface area is 146 Å². The molecule has 2 rings (SSSR count). The van der Waals surface area contributed by atoms with E-state index >= 15 is 0 Å². The van der Waals surface area contributed by atoms with Gasteiger partial charge in [0, 0.05) is 25.3 Å². The molecule has 0 aliphatic heterocycles. The summed E-state index contributed by atoms with van der Waals surface area (Å²) in [5.74, 6) is 0.602. The van der Waals surface area contributed by atoms with Crippen molar-refractivity contribution in [2.75, 3.05) is 19.7 Å². The number of rotatable bonds is 8. The van der Waals surface area contributed by atoms with Gasteiger partial charge in [-0.2, -0.15) is 13.2 Å². The smallest absolute Gasteiger partial charge is 0.401 e. The quantitative estimate of drug-likeness (QED) is 0.763. The van der Waals surface area contributed by atoms with Crippen LogP contribution in [0.1, 0.15) is 25.8 Å². The fourth-order valence-electron chi connectivity index (χ4n) is 2.83. The van der Waals surface area contributed by atoms with Gasteiger partial charge in [-0.15, -0.1) is 0 Å². The molecule has 6 heteroatoms. The first-order chi connectivity index (χ1) is 11.8. The molecule has 0 bridgehead atoms. The second kappa shape index (κ2) is 8.54. The van der Waals surface area contributed by atoms with E-state index in [0.717, 1.165) is 16.3 Å². The molecule has 0 heterocycles. The standard InChI is InChI=1S/C19H24F3NO2/c1-14(2)25-18-9-8-15-6-3-4-7-16(15)17(18)12-23(10-5-11-24)13-19(20,21)22/h3-4,6-9,14,24H,5,10-13H2,1-2H3. The minimum Gasteiger partial charge on any atom is -0.491 e. The second-order valence-corrected chi connectivity index (χ2v) is 6.33. The van der Waals surface area contributed by atoms with Crippen LogP contribution in [0.2, 0.25) is 0 Å². The summed E-state index contributed by atoms with van der Waals surface area (Å²) in [7, 11) is 0. The molecule has 0 amide bonds. The number of halogens is 3. The second-order valence-electron chi connectivity index (χ2n) is 6.33. The molecule has 2 aromatic carbocycles. The SMILES string of the molecule is CC(C)Oc1ccc2ccccc2c1CN(CCCO)CC(F)(F)F.